The average Bonchev–Trinajstić information content (AvgIpc) is 2.50. The van der Waals surface area contributed by atoms with Gasteiger partial charge in [0.05, 0.1) is 13.2 Å². The Hall–Kier alpha value is -1.35. The Labute approximate surface area is 141 Å². The molecule has 1 rings (SSSR count). The van der Waals surface area contributed by atoms with Crippen LogP contribution < -0.4 is 14.8 Å². The lowest BCUT2D eigenvalue weighted by Crippen LogP contribution is -2.45. The number of methoxy groups -OCH3 is 2. The van der Waals surface area contributed by atoms with Crippen LogP contribution in [-0.2, 0) is 19.6 Å². The quantitative estimate of drug-likeness (QED) is 0.641. The molecule has 0 fully saturated rings. The van der Waals surface area contributed by atoms with Gasteiger partial charge >= 0.3 is 0 Å². The fourth-order valence-corrected chi connectivity index (χ4v) is 3.43. The van der Waals surface area contributed by atoms with E-state index in [9.17, 15) is 13.2 Å². The number of amides is 1. The molecule has 1 amide bonds. The standard InChI is InChI=1S/C14H21ClN2O5S/c1-10(14(18)16-7-4-8-21-2)17-23(19,20)13-9-11(15)5-6-12(13)22-3/h5-6,9-10,17H,4,7-8H2,1-3H3,(H,16,18)/t10-/m0/s1. The minimum atomic E-state index is -3.95. The van der Waals surface area contributed by atoms with Crippen LogP contribution in [0.25, 0.3) is 0 Å². The van der Waals surface area contributed by atoms with E-state index in [4.69, 9.17) is 21.1 Å². The van der Waals surface area contributed by atoms with Crippen molar-refractivity contribution in [2.75, 3.05) is 27.4 Å². The highest BCUT2D eigenvalue weighted by Crippen LogP contribution is 2.26. The maximum atomic E-state index is 12.4. The first-order chi connectivity index (χ1) is 10.8. The van der Waals surface area contributed by atoms with Crippen molar-refractivity contribution < 1.29 is 22.7 Å². The Morgan fingerprint density at radius 2 is 2.04 bits per heavy atom. The minimum Gasteiger partial charge on any atom is -0.495 e. The Bertz CT molecular complexity index is 636. The molecule has 0 aliphatic rings. The molecule has 0 radical (unpaired) electrons. The lowest BCUT2D eigenvalue weighted by atomic mass is 10.3. The molecule has 7 nitrogen and oxygen atoms in total. The molecule has 130 valence electrons. The molecular formula is C14H21ClN2O5S. The van der Waals surface area contributed by atoms with Gasteiger partial charge in [-0.1, -0.05) is 11.6 Å². The highest BCUT2D eigenvalue weighted by molar-refractivity contribution is 7.89. The highest BCUT2D eigenvalue weighted by atomic mass is 35.5. The van der Waals surface area contributed by atoms with Gasteiger partial charge in [0.15, 0.2) is 0 Å². The molecule has 23 heavy (non-hydrogen) atoms. The summed E-state index contributed by atoms with van der Waals surface area (Å²) >= 11 is 5.84. The third-order valence-electron chi connectivity index (χ3n) is 2.96. The molecule has 0 aliphatic carbocycles. The molecule has 0 unspecified atom stereocenters. The van der Waals surface area contributed by atoms with Crippen molar-refractivity contribution in [3.05, 3.63) is 23.2 Å². The first-order valence-corrected chi connectivity index (χ1v) is 8.80. The SMILES string of the molecule is COCCCNC(=O)[C@H](C)NS(=O)(=O)c1cc(Cl)ccc1OC. The van der Waals surface area contributed by atoms with Crippen molar-refractivity contribution in [1.82, 2.24) is 10.0 Å². The van der Waals surface area contributed by atoms with Crippen LogP contribution in [0, 0.1) is 0 Å². The molecule has 0 spiro atoms. The molecule has 0 bridgehead atoms. The maximum Gasteiger partial charge on any atom is 0.245 e. The van der Waals surface area contributed by atoms with Crippen LogP contribution in [0.2, 0.25) is 5.02 Å². The maximum absolute atomic E-state index is 12.4. The molecule has 1 aromatic carbocycles. The largest absolute Gasteiger partial charge is 0.495 e. The third-order valence-corrected chi connectivity index (χ3v) is 4.76. The van der Waals surface area contributed by atoms with Gasteiger partial charge in [-0.05, 0) is 31.5 Å². The number of hydrogen-bond donors (Lipinski definition) is 2. The number of carbonyl (C=O) groups is 1. The van der Waals surface area contributed by atoms with Gasteiger partial charge in [-0.25, -0.2) is 8.42 Å². The number of rotatable bonds is 9. The number of hydrogen-bond acceptors (Lipinski definition) is 5. The first-order valence-electron chi connectivity index (χ1n) is 6.94. The van der Waals surface area contributed by atoms with E-state index < -0.39 is 22.0 Å². The summed E-state index contributed by atoms with van der Waals surface area (Å²) in [4.78, 5) is 11.8. The van der Waals surface area contributed by atoms with E-state index >= 15 is 0 Å². The van der Waals surface area contributed by atoms with E-state index in [1.165, 1.54) is 32.2 Å². The van der Waals surface area contributed by atoms with Crippen LogP contribution in [-0.4, -0.2) is 47.7 Å². The number of sulfonamides is 1. The summed E-state index contributed by atoms with van der Waals surface area (Å²) in [6, 6.07) is 3.30. The van der Waals surface area contributed by atoms with Crippen LogP contribution in [0.5, 0.6) is 5.75 Å². The van der Waals surface area contributed by atoms with E-state index in [0.717, 1.165) is 0 Å². The normalized spacial score (nSPS) is 12.7. The minimum absolute atomic E-state index is 0.119. The summed E-state index contributed by atoms with van der Waals surface area (Å²) in [7, 11) is -1.03. The Morgan fingerprint density at radius 3 is 2.65 bits per heavy atom. The molecule has 0 aromatic heterocycles. The zero-order valence-corrected chi connectivity index (χ0v) is 14.8. The number of halogens is 1. The summed E-state index contributed by atoms with van der Waals surface area (Å²) in [6.45, 7) is 2.37. The lowest BCUT2D eigenvalue weighted by molar-refractivity contribution is -0.122. The van der Waals surface area contributed by atoms with Gasteiger partial charge in [0.25, 0.3) is 0 Å². The average molecular weight is 365 g/mol. The molecule has 1 aromatic rings. The summed E-state index contributed by atoms with van der Waals surface area (Å²) in [6.07, 6.45) is 0.643. The second-order valence-corrected chi connectivity index (χ2v) is 6.89. The van der Waals surface area contributed by atoms with Crippen LogP contribution in [0.3, 0.4) is 0 Å². The topological polar surface area (TPSA) is 93.7 Å². The van der Waals surface area contributed by atoms with E-state index in [1.54, 1.807) is 7.11 Å². The van der Waals surface area contributed by atoms with Crippen molar-refractivity contribution >= 4 is 27.5 Å². The first kappa shape index (κ1) is 19.7. The van der Waals surface area contributed by atoms with E-state index in [-0.39, 0.29) is 15.7 Å². The molecule has 9 heteroatoms. The van der Waals surface area contributed by atoms with Gasteiger partial charge in [0.1, 0.15) is 10.6 Å². The Kier molecular flexibility index (Phi) is 7.77. The Balaban J connectivity index is 2.78. The van der Waals surface area contributed by atoms with Crippen LogP contribution in [0.15, 0.2) is 23.1 Å². The highest BCUT2D eigenvalue weighted by Gasteiger charge is 2.25. The van der Waals surface area contributed by atoms with Crippen LogP contribution in [0.1, 0.15) is 13.3 Å². The summed E-state index contributed by atoms with van der Waals surface area (Å²) in [5, 5.41) is 2.88. The van der Waals surface area contributed by atoms with Crippen molar-refractivity contribution in [3.63, 3.8) is 0 Å². The Morgan fingerprint density at radius 1 is 1.35 bits per heavy atom. The van der Waals surface area contributed by atoms with Gasteiger partial charge in [-0.15, -0.1) is 0 Å². The van der Waals surface area contributed by atoms with E-state index in [0.29, 0.717) is 19.6 Å². The van der Waals surface area contributed by atoms with Gasteiger partial charge in [0, 0.05) is 25.3 Å². The molecule has 0 heterocycles. The molecular weight excluding hydrogens is 344 g/mol. The van der Waals surface area contributed by atoms with Crippen molar-refractivity contribution in [3.8, 4) is 5.75 Å². The number of nitrogens with one attached hydrogen (secondary N) is 2. The van der Waals surface area contributed by atoms with Crippen molar-refractivity contribution in [2.45, 2.75) is 24.3 Å². The second kappa shape index (κ2) is 9.07. The monoisotopic (exact) mass is 364 g/mol. The number of carbonyl (C=O) groups excluding carboxylic acids is 1. The van der Waals surface area contributed by atoms with E-state index in [1.807, 2.05) is 0 Å². The zero-order chi connectivity index (χ0) is 17.5. The van der Waals surface area contributed by atoms with Gasteiger partial charge in [0.2, 0.25) is 15.9 Å². The lowest BCUT2D eigenvalue weighted by Gasteiger charge is -2.16. The summed E-state index contributed by atoms with van der Waals surface area (Å²) in [5.41, 5.74) is 0. The smallest absolute Gasteiger partial charge is 0.245 e. The van der Waals surface area contributed by atoms with Crippen molar-refractivity contribution in [2.24, 2.45) is 0 Å². The fraction of sp³-hybridized carbons (Fsp3) is 0.500. The van der Waals surface area contributed by atoms with Gasteiger partial charge < -0.3 is 14.8 Å². The zero-order valence-electron chi connectivity index (χ0n) is 13.3. The summed E-state index contributed by atoms with van der Waals surface area (Å²) < 4.78 is 37.0. The second-order valence-electron chi connectivity index (χ2n) is 4.78. The van der Waals surface area contributed by atoms with Gasteiger partial charge in [-0.2, -0.15) is 4.72 Å². The number of benzene rings is 1. The molecule has 0 aliphatic heterocycles. The van der Waals surface area contributed by atoms with Gasteiger partial charge in [-0.3, -0.25) is 4.79 Å². The van der Waals surface area contributed by atoms with Crippen LogP contribution >= 0.6 is 11.6 Å². The van der Waals surface area contributed by atoms with Crippen LogP contribution in [0.4, 0.5) is 0 Å². The summed E-state index contributed by atoms with van der Waals surface area (Å²) in [5.74, 6) is -0.278. The molecule has 0 saturated heterocycles. The molecule has 2 N–H and O–H groups in total. The predicted molar refractivity (Wildman–Crippen MR) is 87.3 cm³/mol. The number of ether oxygens (including phenoxy) is 2. The van der Waals surface area contributed by atoms with Crippen molar-refractivity contribution in [1.29, 1.82) is 0 Å². The van der Waals surface area contributed by atoms with E-state index in [2.05, 4.69) is 10.0 Å². The fourth-order valence-electron chi connectivity index (χ4n) is 1.79. The predicted octanol–water partition coefficient (Wildman–Crippen LogP) is 1.17. The third kappa shape index (κ3) is 5.98. The molecule has 1 atom stereocenters. The molecule has 0 saturated carbocycles.